The highest BCUT2D eigenvalue weighted by Gasteiger charge is 2.23. The third-order valence-electron chi connectivity index (χ3n) is 3.49. The highest BCUT2D eigenvalue weighted by Crippen LogP contribution is 2.37. The molecule has 3 aromatic rings. The molecule has 4 rings (SSSR count). The summed E-state index contributed by atoms with van der Waals surface area (Å²) in [7, 11) is 0. The summed E-state index contributed by atoms with van der Waals surface area (Å²) in [5.74, 6) is 1.91. The molecule has 1 aliphatic heterocycles. The van der Waals surface area contributed by atoms with E-state index >= 15 is 0 Å². The Morgan fingerprint density at radius 3 is 2.82 bits per heavy atom. The minimum absolute atomic E-state index is 0. The molecule has 0 saturated heterocycles. The zero-order chi connectivity index (χ0) is 14.2. The molecule has 3 N–H and O–H groups in total. The summed E-state index contributed by atoms with van der Waals surface area (Å²) in [6, 6.07) is 5.64. The first kappa shape index (κ1) is 14.3. The van der Waals surface area contributed by atoms with E-state index < -0.39 is 0 Å². The summed E-state index contributed by atoms with van der Waals surface area (Å²) in [4.78, 5) is 11.4. The van der Waals surface area contributed by atoms with E-state index in [1.807, 2.05) is 35.2 Å². The van der Waals surface area contributed by atoms with Gasteiger partial charge in [-0.1, -0.05) is 6.07 Å². The van der Waals surface area contributed by atoms with Crippen LogP contribution < -0.4 is 15.2 Å². The summed E-state index contributed by atoms with van der Waals surface area (Å²) in [6.45, 7) is 0.249. The number of nitrogens with two attached hydrogens (primary N) is 1. The summed E-state index contributed by atoms with van der Waals surface area (Å²) < 4.78 is 12.7. The normalized spacial score (nSPS) is 13.6. The number of rotatable bonds is 3. The third-order valence-corrected chi connectivity index (χ3v) is 3.49. The summed E-state index contributed by atoms with van der Waals surface area (Å²) in [5, 5.41) is 0. The molecular formula is C14H14ClN5O2. The van der Waals surface area contributed by atoms with E-state index in [0.717, 1.165) is 22.8 Å². The SMILES string of the molecule is Cl.Nc1nccn1C(c1ccc2c(c1)OCO2)c1c[nH]cn1. The largest absolute Gasteiger partial charge is 0.454 e. The van der Waals surface area contributed by atoms with Crippen LogP contribution in [0.5, 0.6) is 11.5 Å². The van der Waals surface area contributed by atoms with Crippen LogP contribution in [-0.2, 0) is 0 Å². The van der Waals surface area contributed by atoms with Gasteiger partial charge in [0.05, 0.1) is 12.0 Å². The van der Waals surface area contributed by atoms with Crippen molar-refractivity contribution in [2.24, 2.45) is 0 Å². The van der Waals surface area contributed by atoms with Crippen LogP contribution >= 0.6 is 12.4 Å². The average molecular weight is 320 g/mol. The van der Waals surface area contributed by atoms with Gasteiger partial charge in [0.15, 0.2) is 11.5 Å². The highest BCUT2D eigenvalue weighted by atomic mass is 35.5. The Morgan fingerprint density at radius 2 is 2.09 bits per heavy atom. The van der Waals surface area contributed by atoms with Gasteiger partial charge in [0.25, 0.3) is 0 Å². The molecule has 0 fully saturated rings. The monoisotopic (exact) mass is 319 g/mol. The molecule has 3 heterocycles. The van der Waals surface area contributed by atoms with E-state index in [0.29, 0.717) is 5.95 Å². The smallest absolute Gasteiger partial charge is 0.231 e. The van der Waals surface area contributed by atoms with Gasteiger partial charge in [0.2, 0.25) is 12.7 Å². The van der Waals surface area contributed by atoms with Crippen molar-refractivity contribution < 1.29 is 9.47 Å². The molecule has 1 aromatic carbocycles. The zero-order valence-corrected chi connectivity index (χ0v) is 12.3. The van der Waals surface area contributed by atoms with Gasteiger partial charge in [-0.15, -0.1) is 12.4 Å². The molecule has 1 atom stereocenters. The fourth-order valence-corrected chi connectivity index (χ4v) is 2.52. The second-order valence-electron chi connectivity index (χ2n) is 4.70. The quantitative estimate of drug-likeness (QED) is 0.770. The van der Waals surface area contributed by atoms with Crippen molar-refractivity contribution >= 4 is 18.4 Å². The Balaban J connectivity index is 0.00000144. The van der Waals surface area contributed by atoms with Crippen LogP contribution in [0.2, 0.25) is 0 Å². The molecule has 7 nitrogen and oxygen atoms in total. The molecule has 8 heteroatoms. The van der Waals surface area contributed by atoms with Gasteiger partial charge in [-0.25, -0.2) is 9.97 Å². The Hall–Kier alpha value is -2.67. The molecule has 0 radical (unpaired) electrons. The summed E-state index contributed by atoms with van der Waals surface area (Å²) >= 11 is 0. The third kappa shape index (κ3) is 2.25. The highest BCUT2D eigenvalue weighted by molar-refractivity contribution is 5.85. The number of ether oxygens (including phenoxy) is 2. The number of aromatic nitrogens is 4. The van der Waals surface area contributed by atoms with Gasteiger partial charge >= 0.3 is 0 Å². The van der Waals surface area contributed by atoms with Crippen molar-refractivity contribution in [1.82, 2.24) is 19.5 Å². The topological polar surface area (TPSA) is 91.0 Å². The molecule has 0 aliphatic carbocycles. The Kier molecular flexibility index (Phi) is 3.64. The second-order valence-corrected chi connectivity index (χ2v) is 4.70. The predicted molar refractivity (Wildman–Crippen MR) is 82.3 cm³/mol. The lowest BCUT2D eigenvalue weighted by Gasteiger charge is -2.18. The number of aromatic amines is 1. The first-order valence-corrected chi connectivity index (χ1v) is 6.49. The van der Waals surface area contributed by atoms with E-state index in [2.05, 4.69) is 15.0 Å². The summed E-state index contributed by atoms with van der Waals surface area (Å²) in [6.07, 6.45) is 6.98. The van der Waals surface area contributed by atoms with Crippen LogP contribution in [0.1, 0.15) is 17.3 Å². The fourth-order valence-electron chi connectivity index (χ4n) is 2.52. The number of halogens is 1. The first-order chi connectivity index (χ1) is 10.3. The van der Waals surface area contributed by atoms with Crippen molar-refractivity contribution in [1.29, 1.82) is 0 Å². The lowest BCUT2D eigenvalue weighted by Crippen LogP contribution is -2.14. The maximum Gasteiger partial charge on any atom is 0.231 e. The van der Waals surface area contributed by atoms with Crippen molar-refractivity contribution in [2.45, 2.75) is 6.04 Å². The lowest BCUT2D eigenvalue weighted by molar-refractivity contribution is 0.174. The Morgan fingerprint density at radius 1 is 1.23 bits per heavy atom. The molecule has 0 spiro atoms. The van der Waals surface area contributed by atoms with Crippen LogP contribution in [0.3, 0.4) is 0 Å². The number of hydrogen-bond acceptors (Lipinski definition) is 5. The van der Waals surface area contributed by atoms with Gasteiger partial charge in [-0.3, -0.25) is 0 Å². The fraction of sp³-hybridized carbons (Fsp3) is 0.143. The molecule has 0 amide bonds. The summed E-state index contributed by atoms with van der Waals surface area (Å²) in [5.41, 5.74) is 7.80. The van der Waals surface area contributed by atoms with Crippen LogP contribution in [0.25, 0.3) is 0 Å². The molecule has 22 heavy (non-hydrogen) atoms. The van der Waals surface area contributed by atoms with Crippen LogP contribution in [0, 0.1) is 0 Å². The number of H-pyrrole nitrogens is 1. The van der Waals surface area contributed by atoms with Crippen molar-refractivity contribution in [3.05, 3.63) is 54.4 Å². The van der Waals surface area contributed by atoms with E-state index in [1.165, 1.54) is 0 Å². The van der Waals surface area contributed by atoms with E-state index in [9.17, 15) is 0 Å². The number of nitrogen functional groups attached to an aromatic ring is 1. The van der Waals surface area contributed by atoms with Crippen LogP contribution in [0.4, 0.5) is 5.95 Å². The number of anilines is 1. The average Bonchev–Trinajstić information content (AvgIpc) is 3.22. The van der Waals surface area contributed by atoms with E-state index in [4.69, 9.17) is 15.2 Å². The number of hydrogen-bond donors (Lipinski definition) is 2. The number of imidazole rings is 2. The molecule has 1 aliphatic rings. The minimum atomic E-state index is -0.173. The predicted octanol–water partition coefficient (Wildman–Crippen LogP) is 1.98. The zero-order valence-electron chi connectivity index (χ0n) is 11.5. The number of nitrogens with zero attached hydrogens (tertiary/aromatic N) is 3. The molecular weight excluding hydrogens is 306 g/mol. The van der Waals surface area contributed by atoms with Gasteiger partial charge in [-0.2, -0.15) is 0 Å². The molecule has 2 aromatic heterocycles. The molecule has 0 saturated carbocycles. The van der Waals surface area contributed by atoms with Gasteiger partial charge in [0, 0.05) is 18.6 Å². The first-order valence-electron chi connectivity index (χ1n) is 6.49. The Bertz CT molecular complexity index is 771. The van der Waals surface area contributed by atoms with E-state index in [-0.39, 0.29) is 25.2 Å². The Labute approximate surface area is 132 Å². The molecule has 0 bridgehead atoms. The van der Waals surface area contributed by atoms with Gasteiger partial charge in [-0.05, 0) is 17.7 Å². The van der Waals surface area contributed by atoms with Crippen molar-refractivity contribution in [3.8, 4) is 11.5 Å². The lowest BCUT2D eigenvalue weighted by atomic mass is 10.0. The second kappa shape index (κ2) is 5.61. The number of nitrogens with one attached hydrogen (secondary N) is 1. The van der Waals surface area contributed by atoms with Gasteiger partial charge in [0.1, 0.15) is 6.04 Å². The molecule has 1 unspecified atom stereocenters. The number of fused-ring (bicyclic) bond motifs is 1. The number of benzene rings is 1. The maximum atomic E-state index is 5.96. The standard InChI is InChI=1S/C14H13N5O2.ClH/c15-14-17-3-4-19(14)13(10-6-16-7-18-10)9-1-2-11-12(5-9)21-8-20-11;/h1-7,13H,8H2,(H2,15,17)(H,16,18);1H. The van der Waals surface area contributed by atoms with Gasteiger partial charge < -0.3 is 24.8 Å². The van der Waals surface area contributed by atoms with Crippen LogP contribution in [0.15, 0.2) is 43.1 Å². The van der Waals surface area contributed by atoms with Crippen molar-refractivity contribution in [2.75, 3.05) is 12.5 Å². The minimum Gasteiger partial charge on any atom is -0.454 e. The van der Waals surface area contributed by atoms with Crippen LogP contribution in [-0.4, -0.2) is 26.3 Å². The van der Waals surface area contributed by atoms with E-state index in [1.54, 1.807) is 12.5 Å². The maximum absolute atomic E-state index is 5.96. The molecule has 114 valence electrons. The van der Waals surface area contributed by atoms with Crippen molar-refractivity contribution in [3.63, 3.8) is 0 Å².